The van der Waals surface area contributed by atoms with Crippen LogP contribution in [0.2, 0.25) is 0 Å². The lowest BCUT2D eigenvalue weighted by Crippen LogP contribution is -2.59. The molecule has 1 fully saturated rings. The number of methoxy groups -OCH3 is 1. The fourth-order valence-corrected chi connectivity index (χ4v) is 2.67. The van der Waals surface area contributed by atoms with Gasteiger partial charge >= 0.3 is 5.97 Å². The first-order valence-electron chi connectivity index (χ1n) is 7.07. The third kappa shape index (κ3) is 4.44. The van der Waals surface area contributed by atoms with E-state index in [0.29, 0.717) is 12.5 Å². The summed E-state index contributed by atoms with van der Waals surface area (Å²) in [5.74, 6) is 0.290. The highest BCUT2D eigenvalue weighted by Gasteiger charge is 2.51. The van der Waals surface area contributed by atoms with Crippen LogP contribution in [0, 0.1) is 5.92 Å². The van der Waals surface area contributed by atoms with E-state index in [1.165, 1.54) is 7.11 Å². The van der Waals surface area contributed by atoms with E-state index in [2.05, 4.69) is 36.3 Å². The first-order chi connectivity index (χ1) is 8.96. The average molecular weight is 271 g/mol. The van der Waals surface area contributed by atoms with Crippen LogP contribution in [0.25, 0.3) is 0 Å². The predicted molar refractivity (Wildman–Crippen MR) is 77.2 cm³/mol. The molecule has 0 aliphatic heterocycles. The maximum atomic E-state index is 12.1. The minimum Gasteiger partial charge on any atom is -0.468 e. The first-order valence-corrected chi connectivity index (χ1v) is 7.07. The summed E-state index contributed by atoms with van der Waals surface area (Å²) in [5, 5.41) is 3.23. The molecular formula is C14H29N3O2. The lowest BCUT2D eigenvalue weighted by Gasteiger charge is -2.34. The molecule has 1 N–H and O–H groups in total. The third-order valence-electron chi connectivity index (χ3n) is 3.93. The summed E-state index contributed by atoms with van der Waals surface area (Å²) in [6, 6.07) is 0. The number of hydrogen-bond donors (Lipinski definition) is 1. The van der Waals surface area contributed by atoms with Crippen molar-refractivity contribution in [2.45, 2.75) is 24.8 Å². The molecule has 0 spiro atoms. The highest BCUT2D eigenvalue weighted by Crippen LogP contribution is 2.40. The largest absolute Gasteiger partial charge is 0.468 e. The Hall–Kier alpha value is -0.650. The summed E-state index contributed by atoms with van der Waals surface area (Å²) in [5.41, 5.74) is -0.526. The molecule has 0 bridgehead atoms. The van der Waals surface area contributed by atoms with Gasteiger partial charge in [-0.25, -0.2) is 4.79 Å². The Morgan fingerprint density at radius 3 is 2.37 bits per heavy atom. The zero-order valence-corrected chi connectivity index (χ0v) is 13.0. The van der Waals surface area contributed by atoms with Gasteiger partial charge in [0.15, 0.2) is 0 Å². The van der Waals surface area contributed by atoms with Crippen molar-refractivity contribution >= 4 is 5.97 Å². The van der Waals surface area contributed by atoms with Crippen molar-refractivity contribution in [1.29, 1.82) is 0 Å². The maximum Gasteiger partial charge on any atom is 0.327 e. The monoisotopic (exact) mass is 271 g/mol. The molecule has 0 aromatic rings. The SMILES string of the molecule is CNC(CN(C)CCCN(C)C)(C(=O)OC)C1CC1. The van der Waals surface area contributed by atoms with Crippen LogP contribution < -0.4 is 5.32 Å². The van der Waals surface area contributed by atoms with Crippen LogP contribution in [0.4, 0.5) is 0 Å². The highest BCUT2D eigenvalue weighted by atomic mass is 16.5. The van der Waals surface area contributed by atoms with E-state index in [-0.39, 0.29) is 5.97 Å². The standard InChI is InChI=1S/C14H29N3O2/c1-15-14(12-7-8-12,13(18)19-5)11-17(4)10-6-9-16(2)3/h12,15H,6-11H2,1-5H3. The van der Waals surface area contributed by atoms with E-state index in [4.69, 9.17) is 4.74 Å². The Balaban J connectivity index is 2.54. The Kier molecular flexibility index (Phi) is 6.23. The number of likely N-dealkylation sites (N-methyl/N-ethyl adjacent to an activating group) is 2. The van der Waals surface area contributed by atoms with Gasteiger partial charge in [-0.05, 0) is 66.5 Å². The van der Waals surface area contributed by atoms with Gasteiger partial charge in [0.2, 0.25) is 0 Å². The molecule has 1 aliphatic rings. The number of nitrogens with one attached hydrogen (secondary N) is 1. The third-order valence-corrected chi connectivity index (χ3v) is 3.93. The molecule has 0 aromatic carbocycles. The van der Waals surface area contributed by atoms with E-state index in [0.717, 1.165) is 32.4 Å². The average Bonchev–Trinajstić information content (AvgIpc) is 3.19. The van der Waals surface area contributed by atoms with E-state index in [1.54, 1.807) is 0 Å². The van der Waals surface area contributed by atoms with Gasteiger partial charge in [0.25, 0.3) is 0 Å². The molecule has 1 rings (SSSR count). The summed E-state index contributed by atoms with van der Waals surface area (Å²) in [4.78, 5) is 16.6. The zero-order valence-electron chi connectivity index (χ0n) is 13.0. The van der Waals surface area contributed by atoms with Crippen molar-refractivity contribution in [3.63, 3.8) is 0 Å². The Morgan fingerprint density at radius 1 is 1.32 bits per heavy atom. The van der Waals surface area contributed by atoms with Crippen LogP contribution >= 0.6 is 0 Å². The van der Waals surface area contributed by atoms with Crippen LogP contribution in [0.1, 0.15) is 19.3 Å². The summed E-state index contributed by atoms with van der Waals surface area (Å²) >= 11 is 0. The predicted octanol–water partition coefficient (Wildman–Crippen LogP) is 0.411. The van der Waals surface area contributed by atoms with Crippen LogP contribution in [-0.4, -0.2) is 76.2 Å². The van der Waals surface area contributed by atoms with Crippen molar-refractivity contribution in [2.24, 2.45) is 5.92 Å². The molecule has 1 unspecified atom stereocenters. The van der Waals surface area contributed by atoms with Gasteiger partial charge in [0, 0.05) is 6.54 Å². The van der Waals surface area contributed by atoms with Gasteiger partial charge in [0.05, 0.1) is 7.11 Å². The Bertz CT molecular complexity index is 292. The molecule has 0 radical (unpaired) electrons. The molecular weight excluding hydrogens is 242 g/mol. The molecule has 0 aromatic heterocycles. The van der Waals surface area contributed by atoms with Gasteiger partial charge in [0.1, 0.15) is 5.54 Å². The normalized spacial score (nSPS) is 18.7. The van der Waals surface area contributed by atoms with E-state index < -0.39 is 5.54 Å². The number of rotatable bonds is 9. The Morgan fingerprint density at radius 2 is 1.95 bits per heavy atom. The van der Waals surface area contributed by atoms with Gasteiger partial charge < -0.3 is 19.9 Å². The summed E-state index contributed by atoms with van der Waals surface area (Å²) < 4.78 is 5.02. The molecule has 1 atom stereocenters. The van der Waals surface area contributed by atoms with Crippen molar-refractivity contribution in [1.82, 2.24) is 15.1 Å². The fraction of sp³-hybridized carbons (Fsp3) is 0.929. The van der Waals surface area contributed by atoms with Crippen molar-refractivity contribution in [3.05, 3.63) is 0 Å². The van der Waals surface area contributed by atoms with Crippen molar-refractivity contribution in [2.75, 3.05) is 54.9 Å². The second-order valence-corrected chi connectivity index (χ2v) is 5.88. The van der Waals surface area contributed by atoms with Gasteiger partial charge in [-0.3, -0.25) is 0 Å². The number of hydrogen-bond acceptors (Lipinski definition) is 5. The maximum absolute atomic E-state index is 12.1. The quantitative estimate of drug-likeness (QED) is 0.616. The number of ether oxygens (including phenoxy) is 1. The molecule has 0 heterocycles. The van der Waals surface area contributed by atoms with E-state index in [9.17, 15) is 4.79 Å². The molecule has 19 heavy (non-hydrogen) atoms. The minimum atomic E-state index is -0.526. The molecule has 112 valence electrons. The zero-order chi connectivity index (χ0) is 14.5. The van der Waals surface area contributed by atoms with E-state index in [1.807, 2.05) is 7.05 Å². The molecule has 5 nitrogen and oxygen atoms in total. The second-order valence-electron chi connectivity index (χ2n) is 5.88. The molecule has 1 aliphatic carbocycles. The highest BCUT2D eigenvalue weighted by molar-refractivity contribution is 5.82. The lowest BCUT2D eigenvalue weighted by atomic mass is 9.92. The van der Waals surface area contributed by atoms with E-state index >= 15 is 0 Å². The van der Waals surface area contributed by atoms with Gasteiger partial charge in [-0.15, -0.1) is 0 Å². The molecule has 0 saturated heterocycles. The van der Waals surface area contributed by atoms with Crippen LogP contribution in [-0.2, 0) is 9.53 Å². The van der Waals surface area contributed by atoms with Crippen LogP contribution in [0.3, 0.4) is 0 Å². The fourth-order valence-electron chi connectivity index (χ4n) is 2.67. The van der Waals surface area contributed by atoms with Crippen LogP contribution in [0.5, 0.6) is 0 Å². The summed E-state index contributed by atoms with van der Waals surface area (Å²) in [6.45, 7) is 2.78. The minimum absolute atomic E-state index is 0.128. The van der Waals surface area contributed by atoms with Crippen molar-refractivity contribution in [3.8, 4) is 0 Å². The number of carbonyl (C=O) groups excluding carboxylic acids is 1. The first kappa shape index (κ1) is 16.4. The molecule has 1 saturated carbocycles. The number of esters is 1. The Labute approximate surface area is 117 Å². The second kappa shape index (κ2) is 7.22. The molecule has 5 heteroatoms. The van der Waals surface area contributed by atoms with Crippen LogP contribution in [0.15, 0.2) is 0 Å². The topological polar surface area (TPSA) is 44.8 Å². The lowest BCUT2D eigenvalue weighted by molar-refractivity contribution is -0.150. The van der Waals surface area contributed by atoms with Gasteiger partial charge in [-0.1, -0.05) is 0 Å². The summed E-state index contributed by atoms with van der Waals surface area (Å²) in [6.07, 6.45) is 3.33. The van der Waals surface area contributed by atoms with Crippen molar-refractivity contribution < 1.29 is 9.53 Å². The van der Waals surface area contributed by atoms with Gasteiger partial charge in [-0.2, -0.15) is 0 Å². The number of nitrogens with zero attached hydrogens (tertiary/aromatic N) is 2. The number of carbonyl (C=O) groups is 1. The summed E-state index contributed by atoms with van der Waals surface area (Å²) in [7, 11) is 9.58. The smallest absolute Gasteiger partial charge is 0.327 e. The molecule has 0 amide bonds.